The molecule has 4 rings (SSSR count). The minimum Gasteiger partial charge on any atom is -0.368 e. The molecule has 2 N–H and O–H groups in total. The lowest BCUT2D eigenvalue weighted by atomic mass is 10.1. The maximum absolute atomic E-state index is 5.67. The van der Waals surface area contributed by atoms with Gasteiger partial charge in [0.15, 0.2) is 0 Å². The molecular weight excluding hydrogens is 314 g/mol. The van der Waals surface area contributed by atoms with Gasteiger partial charge in [-0.2, -0.15) is 0 Å². The summed E-state index contributed by atoms with van der Waals surface area (Å²) in [5.74, 6) is 1.29. The van der Waals surface area contributed by atoms with Crippen molar-refractivity contribution in [3.63, 3.8) is 0 Å². The number of rotatable bonds is 3. The topological polar surface area (TPSA) is 84.1 Å². The van der Waals surface area contributed by atoms with E-state index in [2.05, 4.69) is 48.8 Å². The minimum atomic E-state index is 0.268. The van der Waals surface area contributed by atoms with Gasteiger partial charge < -0.3 is 15.5 Å². The number of aromatic nitrogens is 4. The zero-order chi connectivity index (χ0) is 17.2. The Morgan fingerprint density at radius 2 is 1.80 bits per heavy atom. The lowest BCUT2D eigenvalue weighted by Crippen LogP contribution is -2.46. The SMILES string of the molecule is CCN1CCN(c2ccc(-c3cc4nc(N)ncc4cn3)cn2)CC1. The van der Waals surface area contributed by atoms with Gasteiger partial charge in [0, 0.05) is 55.7 Å². The summed E-state index contributed by atoms with van der Waals surface area (Å²) in [6.45, 7) is 7.54. The summed E-state index contributed by atoms with van der Waals surface area (Å²) in [7, 11) is 0. The lowest BCUT2D eigenvalue weighted by Gasteiger charge is -2.34. The highest BCUT2D eigenvalue weighted by atomic mass is 15.3. The molecule has 4 heterocycles. The van der Waals surface area contributed by atoms with E-state index >= 15 is 0 Å². The predicted molar refractivity (Wildman–Crippen MR) is 99.3 cm³/mol. The number of nitrogen functional groups attached to an aromatic ring is 1. The summed E-state index contributed by atoms with van der Waals surface area (Å²) in [6.07, 6.45) is 5.33. The zero-order valence-electron chi connectivity index (χ0n) is 14.3. The summed E-state index contributed by atoms with van der Waals surface area (Å²) < 4.78 is 0. The van der Waals surface area contributed by atoms with Crippen molar-refractivity contribution < 1.29 is 0 Å². The van der Waals surface area contributed by atoms with Crippen molar-refractivity contribution >= 4 is 22.7 Å². The van der Waals surface area contributed by atoms with E-state index in [9.17, 15) is 0 Å². The molecule has 0 aromatic carbocycles. The fourth-order valence-corrected chi connectivity index (χ4v) is 3.12. The van der Waals surface area contributed by atoms with Gasteiger partial charge in [-0.15, -0.1) is 0 Å². The number of piperazine rings is 1. The van der Waals surface area contributed by atoms with Crippen LogP contribution < -0.4 is 10.6 Å². The van der Waals surface area contributed by atoms with Crippen molar-refractivity contribution in [1.29, 1.82) is 0 Å². The van der Waals surface area contributed by atoms with Crippen molar-refractivity contribution in [2.75, 3.05) is 43.4 Å². The average molecular weight is 335 g/mol. The Bertz CT molecular complexity index is 870. The van der Waals surface area contributed by atoms with E-state index in [1.54, 1.807) is 12.4 Å². The molecule has 25 heavy (non-hydrogen) atoms. The predicted octanol–water partition coefficient (Wildman–Crippen LogP) is 1.81. The maximum Gasteiger partial charge on any atom is 0.220 e. The van der Waals surface area contributed by atoms with Crippen molar-refractivity contribution in [2.45, 2.75) is 6.92 Å². The van der Waals surface area contributed by atoms with E-state index in [-0.39, 0.29) is 5.95 Å². The van der Waals surface area contributed by atoms with Gasteiger partial charge in [-0.3, -0.25) is 4.98 Å². The Hall–Kier alpha value is -2.80. The smallest absolute Gasteiger partial charge is 0.220 e. The Kier molecular flexibility index (Phi) is 4.15. The van der Waals surface area contributed by atoms with Crippen LogP contribution in [0.4, 0.5) is 11.8 Å². The van der Waals surface area contributed by atoms with E-state index in [0.29, 0.717) is 0 Å². The third kappa shape index (κ3) is 3.23. The van der Waals surface area contributed by atoms with Gasteiger partial charge in [0.25, 0.3) is 0 Å². The molecule has 1 saturated heterocycles. The average Bonchev–Trinajstić information content (AvgIpc) is 2.67. The fraction of sp³-hybridized carbons (Fsp3) is 0.333. The van der Waals surface area contributed by atoms with Crippen LogP contribution in [0.25, 0.3) is 22.2 Å². The fourth-order valence-electron chi connectivity index (χ4n) is 3.12. The first-order valence-corrected chi connectivity index (χ1v) is 8.55. The molecule has 0 bridgehead atoms. The molecule has 7 nitrogen and oxygen atoms in total. The van der Waals surface area contributed by atoms with Crippen LogP contribution in [0, 0.1) is 0 Å². The molecule has 0 atom stereocenters. The third-order valence-electron chi connectivity index (χ3n) is 4.67. The highest BCUT2D eigenvalue weighted by molar-refractivity contribution is 5.81. The minimum absolute atomic E-state index is 0.268. The molecule has 1 aliphatic heterocycles. The van der Waals surface area contributed by atoms with E-state index < -0.39 is 0 Å². The second kappa shape index (κ2) is 6.60. The summed E-state index contributed by atoms with van der Waals surface area (Å²) in [5.41, 5.74) is 8.26. The van der Waals surface area contributed by atoms with Crippen LogP contribution in [0.3, 0.4) is 0 Å². The number of hydrogen-bond donors (Lipinski definition) is 1. The largest absolute Gasteiger partial charge is 0.368 e. The van der Waals surface area contributed by atoms with Crippen LogP contribution in [-0.4, -0.2) is 57.6 Å². The summed E-state index contributed by atoms with van der Waals surface area (Å²) in [5, 5.41) is 0.872. The van der Waals surface area contributed by atoms with Crippen molar-refractivity contribution in [1.82, 2.24) is 24.8 Å². The van der Waals surface area contributed by atoms with Gasteiger partial charge in [0.05, 0.1) is 11.2 Å². The molecule has 0 amide bonds. The van der Waals surface area contributed by atoms with E-state index in [1.807, 2.05) is 12.3 Å². The number of hydrogen-bond acceptors (Lipinski definition) is 7. The second-order valence-corrected chi connectivity index (χ2v) is 6.18. The van der Waals surface area contributed by atoms with Crippen LogP contribution in [0.1, 0.15) is 6.92 Å². The standard InChI is InChI=1S/C18H21N7/c1-2-24-5-7-25(8-6-24)17-4-3-13(10-21-17)15-9-16-14(11-20-15)12-22-18(19)23-16/h3-4,9-12H,2,5-8H2,1H3,(H2,19,22,23). The molecule has 0 saturated carbocycles. The van der Waals surface area contributed by atoms with Crippen LogP contribution in [-0.2, 0) is 0 Å². The number of nitrogens with two attached hydrogens (primary N) is 1. The molecule has 0 spiro atoms. The second-order valence-electron chi connectivity index (χ2n) is 6.18. The summed E-state index contributed by atoms with van der Waals surface area (Å²) in [4.78, 5) is 22.2. The number of anilines is 2. The first kappa shape index (κ1) is 15.7. The first-order valence-electron chi connectivity index (χ1n) is 8.55. The lowest BCUT2D eigenvalue weighted by molar-refractivity contribution is 0.270. The van der Waals surface area contributed by atoms with Gasteiger partial charge in [0.1, 0.15) is 5.82 Å². The normalized spacial score (nSPS) is 15.6. The van der Waals surface area contributed by atoms with E-state index in [0.717, 1.165) is 60.7 Å². The van der Waals surface area contributed by atoms with Crippen LogP contribution in [0.5, 0.6) is 0 Å². The third-order valence-corrected chi connectivity index (χ3v) is 4.67. The number of fused-ring (bicyclic) bond motifs is 1. The van der Waals surface area contributed by atoms with Crippen LogP contribution >= 0.6 is 0 Å². The Morgan fingerprint density at radius 1 is 1.00 bits per heavy atom. The monoisotopic (exact) mass is 335 g/mol. The summed E-state index contributed by atoms with van der Waals surface area (Å²) in [6, 6.07) is 6.05. The molecule has 7 heteroatoms. The molecule has 1 fully saturated rings. The number of pyridine rings is 2. The van der Waals surface area contributed by atoms with Gasteiger partial charge in [0.2, 0.25) is 5.95 Å². The van der Waals surface area contributed by atoms with Gasteiger partial charge >= 0.3 is 0 Å². The van der Waals surface area contributed by atoms with E-state index in [1.165, 1.54) is 0 Å². The van der Waals surface area contributed by atoms with Crippen LogP contribution in [0.2, 0.25) is 0 Å². The van der Waals surface area contributed by atoms with Crippen molar-refractivity contribution in [3.8, 4) is 11.3 Å². The number of nitrogens with zero attached hydrogens (tertiary/aromatic N) is 6. The quantitative estimate of drug-likeness (QED) is 0.781. The maximum atomic E-state index is 5.67. The van der Waals surface area contributed by atoms with Crippen LogP contribution in [0.15, 0.2) is 36.8 Å². The summed E-state index contributed by atoms with van der Waals surface area (Å²) >= 11 is 0. The molecule has 1 aliphatic rings. The zero-order valence-corrected chi connectivity index (χ0v) is 14.3. The van der Waals surface area contributed by atoms with Crippen molar-refractivity contribution in [2.24, 2.45) is 0 Å². The molecule has 0 aliphatic carbocycles. The first-order chi connectivity index (χ1) is 12.2. The Balaban J connectivity index is 1.56. The van der Waals surface area contributed by atoms with Gasteiger partial charge in [-0.1, -0.05) is 6.92 Å². The van der Waals surface area contributed by atoms with Gasteiger partial charge in [-0.25, -0.2) is 15.0 Å². The van der Waals surface area contributed by atoms with Gasteiger partial charge in [-0.05, 0) is 24.7 Å². The molecule has 0 radical (unpaired) electrons. The molecule has 0 unspecified atom stereocenters. The van der Waals surface area contributed by atoms with E-state index in [4.69, 9.17) is 5.73 Å². The molecule has 128 valence electrons. The molecule has 3 aromatic heterocycles. The highest BCUT2D eigenvalue weighted by Crippen LogP contribution is 2.22. The Labute approximate surface area is 146 Å². The molecule has 3 aromatic rings. The Morgan fingerprint density at radius 3 is 2.52 bits per heavy atom. The number of likely N-dealkylation sites (N-methyl/N-ethyl adjacent to an activating group) is 1. The highest BCUT2D eigenvalue weighted by Gasteiger charge is 2.16. The molecular formula is C18H21N7. The van der Waals surface area contributed by atoms with Crippen molar-refractivity contribution in [3.05, 3.63) is 36.8 Å².